The van der Waals surface area contributed by atoms with E-state index in [9.17, 15) is 36.8 Å². The molecule has 1 aromatic rings. The minimum atomic E-state index is -3.93. The molecular weight excluding hydrogens is 709 g/mol. The average molecular weight is 756 g/mol. The molecule has 4 bridgehead atoms. The molecule has 0 radical (unpaired) electrons. The van der Waals surface area contributed by atoms with Gasteiger partial charge in [0.25, 0.3) is 5.91 Å². The van der Waals surface area contributed by atoms with Gasteiger partial charge in [0.2, 0.25) is 21.8 Å². The molecule has 3 saturated carbocycles. The van der Waals surface area contributed by atoms with E-state index < -0.39 is 80.6 Å². The molecule has 16 heteroatoms. The Balaban J connectivity index is 1.17. The summed E-state index contributed by atoms with van der Waals surface area (Å²) >= 11 is 0. The summed E-state index contributed by atoms with van der Waals surface area (Å²) in [5.74, 6) is -3.42. The number of halogens is 1. The van der Waals surface area contributed by atoms with Crippen molar-refractivity contribution in [3.8, 4) is 0 Å². The Hall–Kier alpha value is -4.47. The van der Waals surface area contributed by atoms with Crippen molar-refractivity contribution in [1.29, 1.82) is 0 Å². The largest absolute Gasteiger partial charge is 0.450 e. The molecule has 1 saturated heterocycles. The number of hydrogen-bond acceptors (Lipinski definition) is 9. The summed E-state index contributed by atoms with van der Waals surface area (Å²) in [6, 6.07) is 0.720. The number of sulfonamides is 1. The maximum absolute atomic E-state index is 14.9. The highest BCUT2D eigenvalue weighted by Crippen LogP contribution is 2.45. The van der Waals surface area contributed by atoms with Crippen LogP contribution in [-0.2, 0) is 47.0 Å². The molecule has 286 valence electrons. The van der Waals surface area contributed by atoms with E-state index in [4.69, 9.17) is 9.47 Å². The van der Waals surface area contributed by atoms with Crippen LogP contribution in [0.3, 0.4) is 0 Å². The van der Waals surface area contributed by atoms with Crippen LogP contribution in [0.5, 0.6) is 0 Å². The van der Waals surface area contributed by atoms with Gasteiger partial charge < -0.3 is 25.0 Å². The first-order valence-corrected chi connectivity index (χ1v) is 20.1. The van der Waals surface area contributed by atoms with Crippen molar-refractivity contribution in [2.24, 2.45) is 11.8 Å². The summed E-state index contributed by atoms with van der Waals surface area (Å²) in [5, 5.41) is 4.85. The molecule has 7 rings (SSSR count). The van der Waals surface area contributed by atoms with Gasteiger partial charge in [0.15, 0.2) is 0 Å². The number of rotatable bonds is 7. The second-order valence-corrected chi connectivity index (χ2v) is 17.0. The smallest absolute Gasteiger partial charge is 0.410 e. The van der Waals surface area contributed by atoms with Gasteiger partial charge in [0.05, 0.1) is 31.5 Å². The standard InChI is InChI=1S/C37H46FN5O9S/c1-2-24-18-37(24,34(46)41-53(49,50)26-13-14-26)40-32(44)30-17-25-19-43(30)33(45)31(23-10-5-3-6-11-23)39-35(47)51-16-8-4-7-9-22-12-15-29(38)28-21-42(20-27(22)28)36(48)52-25/h2,7,9,12,15,23-26,30-31H,1,3-6,8,10-11,13-14,16-21H2,(H,39,47)(H,40,44)(H,41,46)/b9-7+/t24-,25-,30+,31+,37-/m1/s1. The molecule has 53 heavy (non-hydrogen) atoms. The lowest BCUT2D eigenvalue weighted by molar-refractivity contribution is -0.142. The third-order valence-corrected chi connectivity index (χ3v) is 13.3. The monoisotopic (exact) mass is 755 g/mol. The van der Waals surface area contributed by atoms with Crippen molar-refractivity contribution in [1.82, 2.24) is 25.2 Å². The normalized spacial score (nSPS) is 30.2. The SMILES string of the molecule is C=C[C@@H]1C[C@]1(NC(=O)[C@@H]1C[C@@H]2CN1C(=O)[C@H](C1CCCCC1)NC(=O)OCCC/C=C/c1ccc(F)c3c1CN(C3)C(=O)O2)C(=O)NS(=O)(=O)C1CC1. The van der Waals surface area contributed by atoms with E-state index in [-0.39, 0.29) is 45.0 Å². The van der Waals surface area contributed by atoms with E-state index >= 15 is 0 Å². The van der Waals surface area contributed by atoms with E-state index in [1.165, 1.54) is 21.9 Å². The van der Waals surface area contributed by atoms with Gasteiger partial charge in [-0.3, -0.25) is 24.0 Å². The van der Waals surface area contributed by atoms with Crippen LogP contribution in [0.15, 0.2) is 30.9 Å². The Morgan fingerprint density at radius 2 is 1.79 bits per heavy atom. The van der Waals surface area contributed by atoms with Gasteiger partial charge in [0.1, 0.15) is 29.5 Å². The number of ether oxygens (including phenoxy) is 2. The van der Waals surface area contributed by atoms with Crippen molar-refractivity contribution in [2.45, 2.75) is 113 Å². The molecule has 3 aliphatic heterocycles. The Kier molecular flexibility index (Phi) is 10.3. The number of nitrogens with zero attached hydrogens (tertiary/aromatic N) is 2. The first-order valence-electron chi connectivity index (χ1n) is 18.6. The van der Waals surface area contributed by atoms with Crippen molar-refractivity contribution in [2.75, 3.05) is 13.2 Å². The van der Waals surface area contributed by atoms with Gasteiger partial charge in [-0.05, 0) is 68.1 Å². The highest BCUT2D eigenvalue weighted by molar-refractivity contribution is 7.91. The van der Waals surface area contributed by atoms with E-state index in [0.29, 0.717) is 49.7 Å². The van der Waals surface area contributed by atoms with Gasteiger partial charge in [-0.1, -0.05) is 43.6 Å². The first-order chi connectivity index (χ1) is 25.4. The fourth-order valence-corrected chi connectivity index (χ4v) is 9.51. The van der Waals surface area contributed by atoms with Crippen molar-refractivity contribution in [3.05, 3.63) is 53.4 Å². The Morgan fingerprint density at radius 1 is 1.04 bits per heavy atom. The van der Waals surface area contributed by atoms with Crippen molar-refractivity contribution < 1.29 is 46.3 Å². The lowest BCUT2D eigenvalue weighted by Gasteiger charge is -2.34. The fourth-order valence-electron chi connectivity index (χ4n) is 8.15. The molecule has 3 heterocycles. The average Bonchev–Trinajstić information content (AvgIpc) is 4.03. The number of carbonyl (C=O) groups excluding carboxylic acids is 5. The molecule has 14 nitrogen and oxygen atoms in total. The molecule has 5 amide bonds. The predicted octanol–water partition coefficient (Wildman–Crippen LogP) is 3.40. The zero-order chi connectivity index (χ0) is 37.5. The second-order valence-electron chi connectivity index (χ2n) is 15.1. The topological polar surface area (TPSA) is 181 Å². The van der Waals surface area contributed by atoms with Crippen LogP contribution < -0.4 is 15.4 Å². The first kappa shape index (κ1) is 36.9. The van der Waals surface area contributed by atoms with Crippen LogP contribution in [0.25, 0.3) is 6.08 Å². The van der Waals surface area contributed by atoms with Gasteiger partial charge in [-0.15, -0.1) is 6.58 Å². The van der Waals surface area contributed by atoms with E-state index in [2.05, 4.69) is 21.9 Å². The van der Waals surface area contributed by atoms with Gasteiger partial charge in [0, 0.05) is 17.9 Å². The molecule has 4 fully saturated rings. The summed E-state index contributed by atoms with van der Waals surface area (Å²) in [6.45, 7) is 3.72. The second kappa shape index (κ2) is 14.7. The number of hydrogen-bond donors (Lipinski definition) is 3. The zero-order valence-electron chi connectivity index (χ0n) is 29.5. The third-order valence-electron chi connectivity index (χ3n) is 11.4. The lowest BCUT2D eigenvalue weighted by Crippen LogP contribution is -2.59. The number of fused-ring (bicyclic) bond motifs is 3. The molecular formula is C37H46FN5O9S. The Bertz CT molecular complexity index is 1830. The van der Waals surface area contributed by atoms with E-state index in [1.54, 1.807) is 6.07 Å². The highest BCUT2D eigenvalue weighted by Gasteiger charge is 2.62. The summed E-state index contributed by atoms with van der Waals surface area (Å²) in [4.78, 5) is 71.6. The molecule has 5 atom stereocenters. The lowest BCUT2D eigenvalue weighted by atomic mass is 9.83. The fraction of sp³-hybridized carbons (Fsp3) is 0.595. The number of benzene rings is 1. The van der Waals surface area contributed by atoms with Crippen LogP contribution in [-0.4, -0.2) is 90.3 Å². The zero-order valence-corrected chi connectivity index (χ0v) is 30.3. The number of carbonyl (C=O) groups is 5. The summed E-state index contributed by atoms with van der Waals surface area (Å²) in [6.07, 6.45) is 8.65. The van der Waals surface area contributed by atoms with Crippen molar-refractivity contribution >= 4 is 46.0 Å². The third kappa shape index (κ3) is 7.64. The number of nitrogens with one attached hydrogen (secondary N) is 3. The van der Waals surface area contributed by atoms with Gasteiger partial charge in [-0.25, -0.2) is 22.4 Å². The van der Waals surface area contributed by atoms with Crippen LogP contribution in [0.1, 0.15) is 87.3 Å². The minimum absolute atomic E-state index is 0.0189. The number of alkyl carbamates (subject to hydrolysis) is 1. The van der Waals surface area contributed by atoms with Gasteiger partial charge in [-0.2, -0.15) is 0 Å². The predicted molar refractivity (Wildman–Crippen MR) is 188 cm³/mol. The van der Waals surface area contributed by atoms with E-state index in [0.717, 1.165) is 24.8 Å². The minimum Gasteiger partial charge on any atom is -0.450 e. The number of allylic oxidation sites excluding steroid dienone is 1. The Morgan fingerprint density at radius 3 is 2.51 bits per heavy atom. The summed E-state index contributed by atoms with van der Waals surface area (Å²) in [5.41, 5.74) is 0.176. The number of cyclic esters (lactones) is 1. The Labute approximate surface area is 307 Å². The molecule has 0 aromatic heterocycles. The van der Waals surface area contributed by atoms with Gasteiger partial charge >= 0.3 is 12.2 Å². The molecule has 3 N–H and O–H groups in total. The van der Waals surface area contributed by atoms with Crippen molar-refractivity contribution in [3.63, 3.8) is 0 Å². The van der Waals surface area contributed by atoms with Crippen LogP contribution in [0.4, 0.5) is 14.0 Å². The molecule has 0 spiro atoms. The molecule has 0 unspecified atom stereocenters. The molecule has 1 aromatic carbocycles. The molecule has 6 aliphatic rings. The van der Waals surface area contributed by atoms with Crippen LogP contribution in [0, 0.1) is 17.7 Å². The molecule has 3 aliphatic carbocycles. The van der Waals surface area contributed by atoms with Crippen LogP contribution >= 0.6 is 0 Å². The summed E-state index contributed by atoms with van der Waals surface area (Å²) < 4.78 is 53.8. The maximum atomic E-state index is 14.9. The number of amides is 5. The van der Waals surface area contributed by atoms with Crippen LogP contribution in [0.2, 0.25) is 0 Å². The maximum Gasteiger partial charge on any atom is 0.410 e. The highest BCUT2D eigenvalue weighted by atomic mass is 32.2. The summed E-state index contributed by atoms with van der Waals surface area (Å²) in [7, 11) is -3.93. The van der Waals surface area contributed by atoms with E-state index in [1.807, 2.05) is 12.2 Å². The quantitative estimate of drug-likeness (QED) is 0.352.